The zero-order chi connectivity index (χ0) is 15.2. The van der Waals surface area contributed by atoms with E-state index in [1.165, 1.54) is 5.56 Å². The van der Waals surface area contributed by atoms with Crippen molar-refractivity contribution in [1.29, 1.82) is 0 Å². The van der Waals surface area contributed by atoms with Gasteiger partial charge in [0.25, 0.3) is 0 Å². The molecule has 0 amide bonds. The average molecular weight is 291 g/mol. The number of likely N-dealkylation sites (tertiary alicyclic amines) is 1. The molecule has 1 aliphatic rings. The topological polar surface area (TPSA) is 38.8 Å². The van der Waals surface area contributed by atoms with Crippen molar-refractivity contribution in [2.45, 2.75) is 45.7 Å². The van der Waals surface area contributed by atoms with Crippen LogP contribution in [0.2, 0.25) is 0 Å². The van der Waals surface area contributed by atoms with E-state index in [-0.39, 0.29) is 12.0 Å². The molecule has 1 heterocycles. The Morgan fingerprint density at radius 2 is 2.19 bits per heavy atom. The lowest BCUT2D eigenvalue weighted by Crippen LogP contribution is -2.44. The van der Waals surface area contributed by atoms with Gasteiger partial charge in [-0.05, 0) is 50.4 Å². The van der Waals surface area contributed by atoms with E-state index in [4.69, 9.17) is 9.47 Å². The molecule has 0 bridgehead atoms. The molecular formula is C17H25NO3. The number of esters is 1. The van der Waals surface area contributed by atoms with Crippen LogP contribution in [0, 0.1) is 6.92 Å². The molecule has 1 aliphatic heterocycles. The normalized spacial score (nSPS) is 19.3. The minimum Gasteiger partial charge on any atom is -0.496 e. The first-order valence-corrected chi connectivity index (χ1v) is 7.70. The molecule has 2 rings (SSSR count). The fourth-order valence-electron chi connectivity index (χ4n) is 2.96. The Labute approximate surface area is 127 Å². The molecule has 0 N–H and O–H groups in total. The molecule has 21 heavy (non-hydrogen) atoms. The highest BCUT2D eigenvalue weighted by Crippen LogP contribution is 2.23. The molecule has 4 nitrogen and oxygen atoms in total. The molecule has 1 atom stereocenters. The molecule has 1 saturated heterocycles. The molecule has 1 fully saturated rings. The van der Waals surface area contributed by atoms with Gasteiger partial charge in [-0.1, -0.05) is 18.6 Å². The van der Waals surface area contributed by atoms with Gasteiger partial charge in [-0.25, -0.2) is 0 Å². The van der Waals surface area contributed by atoms with Gasteiger partial charge in [0, 0.05) is 6.54 Å². The lowest BCUT2D eigenvalue weighted by atomic mass is 10.0. The Kier molecular flexibility index (Phi) is 5.62. The lowest BCUT2D eigenvalue weighted by Gasteiger charge is -2.34. The van der Waals surface area contributed by atoms with E-state index in [2.05, 4.69) is 17.0 Å². The number of ether oxygens (including phenoxy) is 2. The summed E-state index contributed by atoms with van der Waals surface area (Å²) in [6.07, 6.45) is 3.14. The van der Waals surface area contributed by atoms with Gasteiger partial charge in [0.15, 0.2) is 0 Å². The van der Waals surface area contributed by atoms with E-state index in [1.54, 1.807) is 7.11 Å². The number of nitrogens with zero attached hydrogens (tertiary/aromatic N) is 1. The van der Waals surface area contributed by atoms with Gasteiger partial charge in [0.2, 0.25) is 0 Å². The second-order valence-corrected chi connectivity index (χ2v) is 5.54. The van der Waals surface area contributed by atoms with Crippen LogP contribution in [0.15, 0.2) is 18.2 Å². The van der Waals surface area contributed by atoms with Crippen LogP contribution in [0.4, 0.5) is 0 Å². The van der Waals surface area contributed by atoms with Gasteiger partial charge in [0.1, 0.15) is 11.8 Å². The van der Waals surface area contributed by atoms with Gasteiger partial charge in [-0.2, -0.15) is 0 Å². The number of benzene rings is 1. The molecule has 4 heteroatoms. The van der Waals surface area contributed by atoms with Crippen molar-refractivity contribution in [3.05, 3.63) is 29.3 Å². The lowest BCUT2D eigenvalue weighted by molar-refractivity contribution is -0.151. The maximum absolute atomic E-state index is 12.1. The number of hydrogen-bond donors (Lipinski definition) is 0. The number of hydrogen-bond acceptors (Lipinski definition) is 4. The molecule has 0 aromatic heterocycles. The fraction of sp³-hybridized carbons (Fsp3) is 0.588. The zero-order valence-electron chi connectivity index (χ0n) is 13.2. The number of aryl methyl sites for hydroxylation is 1. The molecule has 0 spiro atoms. The standard InChI is InChI=1S/C17H25NO3/c1-4-21-17(19)15-7-5-6-10-18(15)12-14-8-9-16(20-3)13(2)11-14/h8-9,11,15H,4-7,10,12H2,1-3H3. The molecule has 0 radical (unpaired) electrons. The third-order valence-electron chi connectivity index (χ3n) is 4.02. The highest BCUT2D eigenvalue weighted by atomic mass is 16.5. The Morgan fingerprint density at radius 3 is 2.86 bits per heavy atom. The molecule has 0 saturated carbocycles. The summed E-state index contributed by atoms with van der Waals surface area (Å²) in [6.45, 7) is 6.09. The average Bonchev–Trinajstić information content (AvgIpc) is 2.48. The van der Waals surface area contributed by atoms with E-state index in [9.17, 15) is 4.79 Å². The summed E-state index contributed by atoms with van der Waals surface area (Å²) >= 11 is 0. The Bertz CT molecular complexity index is 487. The monoisotopic (exact) mass is 291 g/mol. The van der Waals surface area contributed by atoms with Gasteiger partial charge in [-0.15, -0.1) is 0 Å². The smallest absolute Gasteiger partial charge is 0.323 e. The van der Waals surface area contributed by atoms with Crippen molar-refractivity contribution in [2.75, 3.05) is 20.3 Å². The van der Waals surface area contributed by atoms with Crippen molar-refractivity contribution >= 4 is 5.97 Å². The quantitative estimate of drug-likeness (QED) is 0.782. The largest absolute Gasteiger partial charge is 0.496 e. The summed E-state index contributed by atoms with van der Waals surface area (Å²) in [5.41, 5.74) is 2.34. The first-order chi connectivity index (χ1) is 10.2. The maximum atomic E-state index is 12.1. The molecule has 1 aromatic rings. The van der Waals surface area contributed by atoms with E-state index < -0.39 is 0 Å². The van der Waals surface area contributed by atoms with Crippen molar-refractivity contribution in [3.63, 3.8) is 0 Å². The Balaban J connectivity index is 2.08. The van der Waals surface area contributed by atoms with E-state index >= 15 is 0 Å². The highest BCUT2D eigenvalue weighted by molar-refractivity contribution is 5.75. The van der Waals surface area contributed by atoms with Crippen molar-refractivity contribution in [2.24, 2.45) is 0 Å². The Hall–Kier alpha value is -1.55. The first kappa shape index (κ1) is 15.8. The summed E-state index contributed by atoms with van der Waals surface area (Å²) in [7, 11) is 1.68. The number of carbonyl (C=O) groups is 1. The Morgan fingerprint density at radius 1 is 1.38 bits per heavy atom. The van der Waals surface area contributed by atoms with Crippen LogP contribution in [0.3, 0.4) is 0 Å². The molecule has 116 valence electrons. The van der Waals surface area contributed by atoms with Gasteiger partial charge in [-0.3, -0.25) is 9.69 Å². The SMILES string of the molecule is CCOC(=O)C1CCCCN1Cc1ccc(OC)c(C)c1. The summed E-state index contributed by atoms with van der Waals surface area (Å²) < 4.78 is 10.5. The van der Waals surface area contributed by atoms with Crippen LogP contribution < -0.4 is 4.74 Å². The predicted molar refractivity (Wildman–Crippen MR) is 82.4 cm³/mol. The molecular weight excluding hydrogens is 266 g/mol. The van der Waals surface area contributed by atoms with Crippen molar-refractivity contribution < 1.29 is 14.3 Å². The van der Waals surface area contributed by atoms with Crippen LogP contribution in [-0.4, -0.2) is 37.2 Å². The van der Waals surface area contributed by atoms with Crippen molar-refractivity contribution in [1.82, 2.24) is 4.90 Å². The first-order valence-electron chi connectivity index (χ1n) is 7.70. The summed E-state index contributed by atoms with van der Waals surface area (Å²) in [6, 6.07) is 6.10. The van der Waals surface area contributed by atoms with Crippen molar-refractivity contribution in [3.8, 4) is 5.75 Å². The van der Waals surface area contributed by atoms with Gasteiger partial charge in [0.05, 0.1) is 13.7 Å². The molecule has 0 aliphatic carbocycles. The summed E-state index contributed by atoms with van der Waals surface area (Å²) in [5.74, 6) is 0.821. The minimum absolute atomic E-state index is 0.0811. The predicted octanol–water partition coefficient (Wildman–Crippen LogP) is 2.92. The summed E-state index contributed by atoms with van der Waals surface area (Å²) in [4.78, 5) is 14.3. The summed E-state index contributed by atoms with van der Waals surface area (Å²) in [5, 5.41) is 0. The number of carbonyl (C=O) groups excluding carboxylic acids is 1. The van der Waals surface area contributed by atoms with Gasteiger partial charge >= 0.3 is 5.97 Å². The van der Waals surface area contributed by atoms with E-state index in [0.29, 0.717) is 6.61 Å². The second-order valence-electron chi connectivity index (χ2n) is 5.54. The van der Waals surface area contributed by atoms with Crippen LogP contribution in [0.5, 0.6) is 5.75 Å². The number of rotatable bonds is 5. The van der Waals surface area contributed by atoms with Crippen LogP contribution >= 0.6 is 0 Å². The van der Waals surface area contributed by atoms with Crippen LogP contribution in [-0.2, 0) is 16.1 Å². The van der Waals surface area contributed by atoms with Crippen LogP contribution in [0.1, 0.15) is 37.3 Å². The fourth-order valence-corrected chi connectivity index (χ4v) is 2.96. The molecule has 1 aromatic carbocycles. The van der Waals surface area contributed by atoms with Gasteiger partial charge < -0.3 is 9.47 Å². The highest BCUT2D eigenvalue weighted by Gasteiger charge is 2.29. The third kappa shape index (κ3) is 3.97. The maximum Gasteiger partial charge on any atom is 0.323 e. The van der Waals surface area contributed by atoms with E-state index in [1.807, 2.05) is 19.9 Å². The second kappa shape index (κ2) is 7.46. The van der Waals surface area contributed by atoms with Crippen LogP contribution in [0.25, 0.3) is 0 Å². The minimum atomic E-state index is -0.0962. The third-order valence-corrected chi connectivity index (χ3v) is 4.02. The van der Waals surface area contributed by atoms with E-state index in [0.717, 1.165) is 43.7 Å². The zero-order valence-corrected chi connectivity index (χ0v) is 13.2. The molecule has 1 unspecified atom stereocenters. The number of piperidine rings is 1. The number of methoxy groups -OCH3 is 1.